The van der Waals surface area contributed by atoms with Crippen molar-refractivity contribution >= 4 is 21.7 Å². The Morgan fingerprint density at radius 2 is 1.72 bits per heavy atom. The molecule has 0 saturated heterocycles. The molecular formula is C18H23N3O3S. The van der Waals surface area contributed by atoms with Crippen molar-refractivity contribution in [2.45, 2.75) is 32.1 Å². The molecule has 134 valence electrons. The van der Waals surface area contributed by atoms with E-state index in [9.17, 15) is 13.2 Å². The minimum Gasteiger partial charge on any atom is -0.343 e. The van der Waals surface area contributed by atoms with Crippen LogP contribution in [0.15, 0.2) is 47.4 Å². The molecule has 0 aliphatic carbocycles. The second kappa shape index (κ2) is 8.11. The van der Waals surface area contributed by atoms with Gasteiger partial charge in [-0.2, -0.15) is 0 Å². The smallest absolute Gasteiger partial charge is 0.263 e. The molecule has 0 fully saturated rings. The van der Waals surface area contributed by atoms with Crippen LogP contribution in [0.2, 0.25) is 0 Å². The molecule has 1 heterocycles. The van der Waals surface area contributed by atoms with Gasteiger partial charge in [0, 0.05) is 13.1 Å². The van der Waals surface area contributed by atoms with Crippen LogP contribution in [-0.2, 0) is 21.2 Å². The molecule has 0 aliphatic heterocycles. The Kier molecular flexibility index (Phi) is 6.14. The van der Waals surface area contributed by atoms with E-state index in [4.69, 9.17) is 0 Å². The third kappa shape index (κ3) is 5.03. The van der Waals surface area contributed by atoms with E-state index in [1.54, 1.807) is 47.4 Å². The van der Waals surface area contributed by atoms with Crippen LogP contribution >= 0.6 is 0 Å². The van der Waals surface area contributed by atoms with Crippen LogP contribution in [0.1, 0.15) is 25.1 Å². The van der Waals surface area contributed by atoms with Crippen LogP contribution in [0.5, 0.6) is 0 Å². The Labute approximate surface area is 148 Å². The summed E-state index contributed by atoms with van der Waals surface area (Å²) in [7, 11) is -3.71. The lowest BCUT2D eigenvalue weighted by atomic mass is 10.2. The Balaban J connectivity index is 2.16. The number of rotatable bonds is 7. The van der Waals surface area contributed by atoms with E-state index in [-0.39, 0.29) is 23.0 Å². The van der Waals surface area contributed by atoms with E-state index in [0.29, 0.717) is 18.8 Å². The van der Waals surface area contributed by atoms with Gasteiger partial charge in [0.15, 0.2) is 0 Å². The Bertz CT molecular complexity index is 829. The second-order valence-corrected chi connectivity index (χ2v) is 7.36. The summed E-state index contributed by atoms with van der Waals surface area (Å²) in [6.45, 7) is 6.99. The molecule has 0 spiro atoms. The van der Waals surface area contributed by atoms with Crippen molar-refractivity contribution in [3.05, 3.63) is 53.7 Å². The fourth-order valence-corrected chi connectivity index (χ4v) is 3.39. The number of hydrogen-bond acceptors (Lipinski definition) is 4. The highest BCUT2D eigenvalue weighted by molar-refractivity contribution is 7.92. The molecular weight excluding hydrogens is 338 g/mol. The summed E-state index contributed by atoms with van der Waals surface area (Å²) in [5.74, 6) is 0.168. The number of carbonyl (C=O) groups is 1. The predicted octanol–water partition coefficient (Wildman–Crippen LogP) is 2.60. The minimum atomic E-state index is -3.71. The van der Waals surface area contributed by atoms with Gasteiger partial charge < -0.3 is 4.90 Å². The van der Waals surface area contributed by atoms with Crippen LogP contribution in [0, 0.1) is 6.92 Å². The Morgan fingerprint density at radius 1 is 1.08 bits per heavy atom. The first-order chi connectivity index (χ1) is 11.9. The van der Waals surface area contributed by atoms with Gasteiger partial charge in [-0.3, -0.25) is 9.52 Å². The summed E-state index contributed by atoms with van der Waals surface area (Å²) < 4.78 is 27.3. The molecule has 0 aliphatic rings. The van der Waals surface area contributed by atoms with Crippen molar-refractivity contribution in [1.82, 2.24) is 9.88 Å². The number of nitrogens with one attached hydrogen (secondary N) is 1. The maximum Gasteiger partial charge on any atom is 0.263 e. The van der Waals surface area contributed by atoms with Gasteiger partial charge >= 0.3 is 0 Å². The molecule has 1 amide bonds. The first-order valence-corrected chi connectivity index (χ1v) is 9.67. The quantitative estimate of drug-likeness (QED) is 0.822. The fraction of sp³-hybridized carbons (Fsp3) is 0.333. The number of carbonyl (C=O) groups excluding carboxylic acids is 1. The number of likely N-dealkylation sites (N-methyl/N-ethyl adjacent to an activating group) is 1. The summed E-state index contributed by atoms with van der Waals surface area (Å²) in [6, 6.07) is 11.5. The first-order valence-electron chi connectivity index (χ1n) is 8.19. The van der Waals surface area contributed by atoms with E-state index >= 15 is 0 Å². The average molecular weight is 361 g/mol. The Hall–Kier alpha value is -2.41. The average Bonchev–Trinajstić information content (AvgIpc) is 2.56. The number of amides is 1. The minimum absolute atomic E-state index is 0.0314. The summed E-state index contributed by atoms with van der Waals surface area (Å²) in [5.41, 5.74) is 1.51. The van der Waals surface area contributed by atoms with E-state index in [2.05, 4.69) is 9.71 Å². The molecule has 0 radical (unpaired) electrons. The number of benzene rings is 1. The van der Waals surface area contributed by atoms with Gasteiger partial charge in [0.2, 0.25) is 5.91 Å². The Morgan fingerprint density at radius 3 is 2.32 bits per heavy atom. The van der Waals surface area contributed by atoms with Gasteiger partial charge in [0.1, 0.15) is 5.82 Å². The molecule has 2 rings (SSSR count). The van der Waals surface area contributed by atoms with Crippen LogP contribution in [0.25, 0.3) is 0 Å². The van der Waals surface area contributed by atoms with E-state index in [0.717, 1.165) is 5.56 Å². The molecule has 1 aromatic carbocycles. The summed E-state index contributed by atoms with van der Waals surface area (Å²) >= 11 is 0. The molecule has 0 unspecified atom stereocenters. The van der Waals surface area contributed by atoms with Crippen LogP contribution in [0.3, 0.4) is 0 Å². The van der Waals surface area contributed by atoms with Crippen LogP contribution < -0.4 is 4.72 Å². The zero-order valence-corrected chi connectivity index (χ0v) is 15.5. The molecule has 0 saturated carbocycles. The third-order valence-corrected chi connectivity index (χ3v) is 5.20. The normalized spacial score (nSPS) is 11.2. The zero-order valence-electron chi connectivity index (χ0n) is 14.7. The highest BCUT2D eigenvalue weighted by Gasteiger charge is 2.16. The van der Waals surface area contributed by atoms with Crippen molar-refractivity contribution in [1.29, 1.82) is 0 Å². The van der Waals surface area contributed by atoms with Gasteiger partial charge in [0.05, 0.1) is 17.0 Å². The van der Waals surface area contributed by atoms with Gasteiger partial charge in [-0.25, -0.2) is 13.4 Å². The molecule has 6 nitrogen and oxygen atoms in total. The number of pyridine rings is 1. The molecule has 1 aromatic heterocycles. The molecule has 2 aromatic rings. The highest BCUT2D eigenvalue weighted by atomic mass is 32.2. The second-order valence-electron chi connectivity index (χ2n) is 5.68. The number of anilines is 1. The van der Waals surface area contributed by atoms with Gasteiger partial charge in [-0.1, -0.05) is 23.8 Å². The maximum absolute atomic E-state index is 12.4. The SMILES string of the molecule is CCN(CC)C(=O)Cc1cccc(NS(=O)(=O)c2ccc(C)cc2)n1. The number of sulfonamides is 1. The third-order valence-electron chi connectivity index (χ3n) is 3.83. The largest absolute Gasteiger partial charge is 0.343 e. The number of nitrogens with zero attached hydrogens (tertiary/aromatic N) is 2. The fourth-order valence-electron chi connectivity index (χ4n) is 2.39. The summed E-state index contributed by atoms with van der Waals surface area (Å²) in [4.78, 5) is 18.3. The standard InChI is InChI=1S/C18H23N3O3S/c1-4-21(5-2)18(22)13-15-7-6-8-17(19-15)20-25(23,24)16-11-9-14(3)10-12-16/h6-12H,4-5,13H2,1-3H3,(H,19,20). The highest BCUT2D eigenvalue weighted by Crippen LogP contribution is 2.15. The monoisotopic (exact) mass is 361 g/mol. The van der Waals surface area contributed by atoms with Crippen LogP contribution in [0.4, 0.5) is 5.82 Å². The number of aryl methyl sites for hydroxylation is 1. The van der Waals surface area contributed by atoms with Crippen molar-refractivity contribution < 1.29 is 13.2 Å². The zero-order chi connectivity index (χ0) is 18.4. The van der Waals surface area contributed by atoms with Gasteiger partial charge in [-0.05, 0) is 45.0 Å². The summed E-state index contributed by atoms with van der Waals surface area (Å²) in [5, 5.41) is 0. The van der Waals surface area contributed by atoms with Gasteiger partial charge in [0.25, 0.3) is 10.0 Å². The number of hydrogen-bond donors (Lipinski definition) is 1. The number of aromatic nitrogens is 1. The lowest BCUT2D eigenvalue weighted by Gasteiger charge is -2.18. The van der Waals surface area contributed by atoms with Crippen molar-refractivity contribution in [2.75, 3.05) is 17.8 Å². The predicted molar refractivity (Wildman–Crippen MR) is 97.9 cm³/mol. The maximum atomic E-state index is 12.4. The molecule has 0 bridgehead atoms. The molecule has 0 atom stereocenters. The van der Waals surface area contributed by atoms with E-state index in [1.807, 2.05) is 20.8 Å². The van der Waals surface area contributed by atoms with E-state index in [1.165, 1.54) is 0 Å². The lowest BCUT2D eigenvalue weighted by molar-refractivity contribution is -0.130. The van der Waals surface area contributed by atoms with Crippen molar-refractivity contribution in [3.8, 4) is 0 Å². The summed E-state index contributed by atoms with van der Waals surface area (Å²) in [6.07, 6.45) is 0.141. The van der Waals surface area contributed by atoms with Crippen molar-refractivity contribution in [3.63, 3.8) is 0 Å². The molecule has 25 heavy (non-hydrogen) atoms. The topological polar surface area (TPSA) is 79.4 Å². The lowest BCUT2D eigenvalue weighted by Crippen LogP contribution is -2.32. The van der Waals surface area contributed by atoms with Gasteiger partial charge in [-0.15, -0.1) is 0 Å². The van der Waals surface area contributed by atoms with E-state index < -0.39 is 10.0 Å². The van der Waals surface area contributed by atoms with Crippen LogP contribution in [-0.4, -0.2) is 37.3 Å². The first kappa shape index (κ1) is 18.9. The molecule has 7 heteroatoms. The van der Waals surface area contributed by atoms with Crippen molar-refractivity contribution in [2.24, 2.45) is 0 Å². The molecule has 1 N–H and O–H groups in total.